The summed E-state index contributed by atoms with van der Waals surface area (Å²) in [5.41, 5.74) is 5.87. The van der Waals surface area contributed by atoms with E-state index in [0.717, 1.165) is 32.7 Å². The first kappa shape index (κ1) is 10.8. The Kier molecular flexibility index (Phi) is 2.64. The average molecular weight is 235 g/mol. The van der Waals surface area contributed by atoms with Crippen molar-refractivity contribution in [2.24, 2.45) is 5.73 Å². The van der Waals surface area contributed by atoms with Gasteiger partial charge in [-0.05, 0) is 12.5 Å². The van der Waals surface area contributed by atoms with Crippen molar-refractivity contribution in [3.05, 3.63) is 23.9 Å². The van der Waals surface area contributed by atoms with Crippen LogP contribution in [-0.2, 0) is 9.53 Å². The highest BCUT2D eigenvalue weighted by atomic mass is 16.5. The van der Waals surface area contributed by atoms with Crippen LogP contribution in [0.1, 0.15) is 6.42 Å². The molecule has 3 rings (SSSR count). The highest BCUT2D eigenvalue weighted by Crippen LogP contribution is 2.24. The van der Waals surface area contributed by atoms with Crippen molar-refractivity contribution in [1.82, 2.24) is 9.80 Å². The Balaban J connectivity index is 1.77. The van der Waals surface area contributed by atoms with Gasteiger partial charge < -0.3 is 15.4 Å². The predicted molar refractivity (Wildman–Crippen MR) is 62.8 cm³/mol. The molecule has 3 aliphatic heterocycles. The third kappa shape index (κ3) is 1.96. The van der Waals surface area contributed by atoms with Gasteiger partial charge in [-0.1, -0.05) is 6.08 Å². The van der Waals surface area contributed by atoms with Gasteiger partial charge in [0, 0.05) is 25.9 Å². The number of carbonyl (C=O) groups is 1. The molecule has 3 aliphatic rings. The van der Waals surface area contributed by atoms with Crippen LogP contribution in [0.5, 0.6) is 0 Å². The molecule has 92 valence electrons. The van der Waals surface area contributed by atoms with E-state index >= 15 is 0 Å². The lowest BCUT2D eigenvalue weighted by Gasteiger charge is -2.47. The summed E-state index contributed by atoms with van der Waals surface area (Å²) in [6.45, 7) is 3.71. The van der Waals surface area contributed by atoms with Crippen molar-refractivity contribution in [2.45, 2.75) is 18.7 Å². The summed E-state index contributed by atoms with van der Waals surface area (Å²) in [7, 11) is 0. The van der Waals surface area contributed by atoms with Gasteiger partial charge in [0.15, 0.2) is 0 Å². The quantitative estimate of drug-likeness (QED) is 0.675. The molecule has 0 radical (unpaired) electrons. The van der Waals surface area contributed by atoms with Crippen LogP contribution in [0.15, 0.2) is 23.9 Å². The fourth-order valence-corrected chi connectivity index (χ4v) is 2.68. The average Bonchev–Trinajstić information content (AvgIpc) is 2.35. The molecule has 0 aromatic rings. The molecule has 0 aromatic carbocycles. The molecule has 2 fully saturated rings. The van der Waals surface area contributed by atoms with Gasteiger partial charge in [-0.15, -0.1) is 0 Å². The Labute approximate surface area is 100 Å². The first-order valence-electron chi connectivity index (χ1n) is 6.05. The summed E-state index contributed by atoms with van der Waals surface area (Å²) in [4.78, 5) is 15.7. The second-order valence-corrected chi connectivity index (χ2v) is 4.75. The number of ether oxygens (including phenoxy) is 1. The van der Waals surface area contributed by atoms with E-state index in [1.54, 1.807) is 0 Å². The van der Waals surface area contributed by atoms with Gasteiger partial charge in [-0.3, -0.25) is 9.69 Å². The van der Waals surface area contributed by atoms with Crippen LogP contribution in [0.2, 0.25) is 0 Å². The zero-order chi connectivity index (χ0) is 11.8. The van der Waals surface area contributed by atoms with E-state index in [-0.39, 0.29) is 12.1 Å². The summed E-state index contributed by atoms with van der Waals surface area (Å²) in [6.07, 6.45) is 7.02. The molecule has 2 unspecified atom stereocenters. The molecule has 2 N–H and O–H groups in total. The van der Waals surface area contributed by atoms with Crippen LogP contribution in [0.25, 0.3) is 0 Å². The Morgan fingerprint density at radius 3 is 3.18 bits per heavy atom. The van der Waals surface area contributed by atoms with E-state index in [9.17, 15) is 4.79 Å². The molecular formula is C12H17N3O2. The molecule has 0 bridgehead atoms. The summed E-state index contributed by atoms with van der Waals surface area (Å²) in [5.74, 6) is -0.369. The van der Waals surface area contributed by atoms with Crippen LogP contribution in [-0.4, -0.2) is 54.2 Å². The lowest BCUT2D eigenvalue weighted by Crippen LogP contribution is -2.59. The Hall–Kier alpha value is -1.33. The number of piperazine rings is 1. The number of nitrogens with two attached hydrogens (primary N) is 1. The first-order chi connectivity index (χ1) is 8.24. The fraction of sp³-hybridized carbons (Fsp3) is 0.583. The fourth-order valence-electron chi connectivity index (χ4n) is 2.68. The lowest BCUT2D eigenvalue weighted by atomic mass is 10.0. The van der Waals surface area contributed by atoms with E-state index in [0.29, 0.717) is 11.6 Å². The van der Waals surface area contributed by atoms with Crippen molar-refractivity contribution >= 4 is 5.91 Å². The van der Waals surface area contributed by atoms with E-state index in [4.69, 9.17) is 10.5 Å². The zero-order valence-electron chi connectivity index (χ0n) is 9.71. The van der Waals surface area contributed by atoms with Gasteiger partial charge in [0.05, 0.1) is 18.2 Å². The topological polar surface area (TPSA) is 58.8 Å². The van der Waals surface area contributed by atoms with Crippen molar-refractivity contribution in [3.63, 3.8) is 0 Å². The Morgan fingerprint density at radius 1 is 1.47 bits per heavy atom. The standard InChI is InChI=1S/C12H17N3O2/c13-12(16)9-2-3-10-7-14-4-1-5-17-11(14)8-15(10)6-9/h2-3,6,10-11H,1,4-5,7-8H2,(H2,13,16). The van der Waals surface area contributed by atoms with E-state index < -0.39 is 0 Å². The number of rotatable bonds is 1. The van der Waals surface area contributed by atoms with Gasteiger partial charge in [0.1, 0.15) is 6.23 Å². The van der Waals surface area contributed by atoms with Gasteiger partial charge >= 0.3 is 0 Å². The minimum absolute atomic E-state index is 0.164. The summed E-state index contributed by atoms with van der Waals surface area (Å²) < 4.78 is 5.74. The van der Waals surface area contributed by atoms with E-state index in [1.807, 2.05) is 12.3 Å². The molecule has 2 atom stereocenters. The van der Waals surface area contributed by atoms with Gasteiger partial charge in [-0.2, -0.15) is 0 Å². The van der Waals surface area contributed by atoms with Crippen molar-refractivity contribution in [3.8, 4) is 0 Å². The van der Waals surface area contributed by atoms with Crippen molar-refractivity contribution < 1.29 is 9.53 Å². The largest absolute Gasteiger partial charge is 0.366 e. The maximum absolute atomic E-state index is 11.1. The van der Waals surface area contributed by atoms with Crippen molar-refractivity contribution in [2.75, 3.05) is 26.2 Å². The van der Waals surface area contributed by atoms with Crippen LogP contribution in [0, 0.1) is 0 Å². The maximum atomic E-state index is 11.1. The van der Waals surface area contributed by atoms with Crippen LogP contribution >= 0.6 is 0 Å². The molecule has 0 saturated carbocycles. The number of amides is 1. The van der Waals surface area contributed by atoms with Gasteiger partial charge in [0.2, 0.25) is 5.91 Å². The molecule has 5 nitrogen and oxygen atoms in total. The van der Waals surface area contributed by atoms with Gasteiger partial charge in [0.25, 0.3) is 0 Å². The molecule has 2 saturated heterocycles. The second-order valence-electron chi connectivity index (χ2n) is 4.75. The number of nitrogens with zero attached hydrogens (tertiary/aromatic N) is 2. The number of hydrogen-bond donors (Lipinski definition) is 1. The third-order valence-corrected chi connectivity index (χ3v) is 3.61. The minimum atomic E-state index is -0.369. The summed E-state index contributed by atoms with van der Waals surface area (Å²) >= 11 is 0. The molecule has 17 heavy (non-hydrogen) atoms. The zero-order valence-corrected chi connectivity index (χ0v) is 9.71. The number of fused-ring (bicyclic) bond motifs is 2. The normalized spacial score (nSPS) is 32.7. The molecule has 1 amide bonds. The smallest absolute Gasteiger partial charge is 0.250 e. The van der Waals surface area contributed by atoms with Crippen molar-refractivity contribution in [1.29, 1.82) is 0 Å². The summed E-state index contributed by atoms with van der Waals surface area (Å²) in [6, 6.07) is 0.344. The lowest BCUT2D eigenvalue weighted by molar-refractivity contribution is -0.132. The highest BCUT2D eigenvalue weighted by Gasteiger charge is 2.34. The van der Waals surface area contributed by atoms with Crippen LogP contribution in [0.4, 0.5) is 0 Å². The number of hydrogen-bond acceptors (Lipinski definition) is 4. The number of primary amides is 1. The Bertz CT molecular complexity index is 391. The van der Waals surface area contributed by atoms with Gasteiger partial charge in [-0.25, -0.2) is 0 Å². The van der Waals surface area contributed by atoms with Crippen LogP contribution in [0.3, 0.4) is 0 Å². The highest BCUT2D eigenvalue weighted by molar-refractivity contribution is 5.94. The Morgan fingerprint density at radius 2 is 2.35 bits per heavy atom. The molecule has 5 heteroatoms. The minimum Gasteiger partial charge on any atom is -0.366 e. The van der Waals surface area contributed by atoms with E-state index in [1.165, 1.54) is 0 Å². The van der Waals surface area contributed by atoms with Crippen LogP contribution < -0.4 is 5.73 Å². The monoisotopic (exact) mass is 235 g/mol. The first-order valence-corrected chi connectivity index (χ1v) is 6.05. The molecular weight excluding hydrogens is 218 g/mol. The molecule has 0 aromatic heterocycles. The predicted octanol–water partition coefficient (Wildman–Crippen LogP) is -0.342. The third-order valence-electron chi connectivity index (χ3n) is 3.61. The SMILES string of the molecule is NC(=O)C1=CN2CC3OCCCN3CC2C=C1. The summed E-state index contributed by atoms with van der Waals surface area (Å²) in [5, 5.41) is 0. The second kappa shape index (κ2) is 4.16. The molecule has 0 spiro atoms. The number of carbonyl (C=O) groups excluding carboxylic acids is 1. The maximum Gasteiger partial charge on any atom is 0.250 e. The molecule has 0 aliphatic carbocycles. The van der Waals surface area contributed by atoms with E-state index in [2.05, 4.69) is 15.9 Å². The molecule has 3 heterocycles.